The quantitative estimate of drug-likeness (QED) is 0.636. The van der Waals surface area contributed by atoms with Gasteiger partial charge >= 0.3 is 5.69 Å². The van der Waals surface area contributed by atoms with Crippen LogP contribution >= 0.6 is 0 Å². The van der Waals surface area contributed by atoms with Gasteiger partial charge in [-0.25, -0.2) is 4.79 Å². The molecule has 1 aromatic heterocycles. The summed E-state index contributed by atoms with van der Waals surface area (Å²) in [5, 5.41) is 12.2. The van der Waals surface area contributed by atoms with E-state index < -0.39 is 22.8 Å². The van der Waals surface area contributed by atoms with Crippen LogP contribution in [0, 0.1) is 4.91 Å². The molecule has 2 N–H and O–H groups in total. The van der Waals surface area contributed by atoms with Gasteiger partial charge in [0.2, 0.25) is 11.6 Å². The Morgan fingerprint density at radius 2 is 2.16 bits per heavy atom. The van der Waals surface area contributed by atoms with E-state index in [0.717, 1.165) is 23.8 Å². The molecule has 0 radical (unpaired) electrons. The normalized spacial score (nSPS) is 15.1. The molecule has 0 spiro atoms. The summed E-state index contributed by atoms with van der Waals surface area (Å²) in [5.41, 5.74) is -1.13. The molecule has 0 atom stereocenters. The van der Waals surface area contributed by atoms with Crippen LogP contribution in [0.4, 0.5) is 5.69 Å². The van der Waals surface area contributed by atoms with Crippen molar-refractivity contribution in [2.45, 2.75) is 38.6 Å². The highest BCUT2D eigenvalue weighted by Gasteiger charge is 2.15. The van der Waals surface area contributed by atoms with E-state index in [9.17, 15) is 19.6 Å². The van der Waals surface area contributed by atoms with Crippen LogP contribution in [-0.4, -0.2) is 14.7 Å². The number of nitrogens with zero attached hydrogens (tertiary/aromatic N) is 2. The van der Waals surface area contributed by atoms with Crippen molar-refractivity contribution in [3.63, 3.8) is 0 Å². The van der Waals surface area contributed by atoms with Crippen molar-refractivity contribution < 1.29 is 5.11 Å². The minimum atomic E-state index is -0.967. The molecule has 7 heteroatoms. The van der Waals surface area contributed by atoms with E-state index in [1.165, 1.54) is 12.0 Å². The second-order valence-electron chi connectivity index (χ2n) is 4.53. The number of hydrogen-bond donors (Lipinski definition) is 2. The average molecular weight is 265 g/mol. The van der Waals surface area contributed by atoms with Gasteiger partial charge in [-0.1, -0.05) is 11.6 Å². The summed E-state index contributed by atoms with van der Waals surface area (Å²) in [6, 6.07) is 0. The largest absolute Gasteiger partial charge is 0.493 e. The summed E-state index contributed by atoms with van der Waals surface area (Å²) < 4.78 is 0.966. The second-order valence-corrected chi connectivity index (χ2v) is 4.53. The molecule has 7 nitrogen and oxygen atoms in total. The number of nitrogens with one attached hydrogen (secondary N) is 1. The molecule has 2 rings (SSSR count). The fraction of sp³-hybridized carbons (Fsp3) is 0.500. The van der Waals surface area contributed by atoms with Crippen LogP contribution in [0.3, 0.4) is 0 Å². The van der Waals surface area contributed by atoms with Gasteiger partial charge in [-0.3, -0.25) is 14.3 Å². The van der Waals surface area contributed by atoms with Crippen molar-refractivity contribution in [2.75, 3.05) is 0 Å². The lowest BCUT2D eigenvalue weighted by Crippen LogP contribution is -2.29. The van der Waals surface area contributed by atoms with Gasteiger partial charge in [0.15, 0.2) is 0 Å². The molecule has 1 aromatic rings. The number of hydrogen-bond acceptors (Lipinski definition) is 5. The third-order valence-corrected chi connectivity index (χ3v) is 3.28. The molecule has 102 valence electrons. The molecule has 0 fully saturated rings. The van der Waals surface area contributed by atoms with Crippen molar-refractivity contribution in [3.8, 4) is 5.88 Å². The molecule has 1 aliphatic carbocycles. The van der Waals surface area contributed by atoms with E-state index >= 15 is 0 Å². The minimum Gasteiger partial charge on any atom is -0.493 e. The summed E-state index contributed by atoms with van der Waals surface area (Å²) in [6.07, 6.45) is 7.06. The first-order valence-corrected chi connectivity index (χ1v) is 6.21. The lowest BCUT2D eigenvalue weighted by Gasteiger charge is -2.14. The van der Waals surface area contributed by atoms with E-state index in [2.05, 4.69) is 11.3 Å². The zero-order chi connectivity index (χ0) is 13.8. The maximum atomic E-state index is 11.6. The highest BCUT2D eigenvalue weighted by atomic mass is 16.3. The Kier molecular flexibility index (Phi) is 3.94. The van der Waals surface area contributed by atoms with E-state index in [1.54, 1.807) is 0 Å². The molecule has 0 saturated heterocycles. The number of H-pyrrole nitrogens is 1. The van der Waals surface area contributed by atoms with Gasteiger partial charge in [0.05, 0.1) is 0 Å². The van der Waals surface area contributed by atoms with Crippen LogP contribution in [0.1, 0.15) is 32.1 Å². The number of aromatic nitrogens is 2. The molecule has 0 unspecified atom stereocenters. The zero-order valence-corrected chi connectivity index (χ0v) is 10.4. The minimum absolute atomic E-state index is 0.218. The summed E-state index contributed by atoms with van der Waals surface area (Å²) in [5.74, 6) is -0.667. The smallest absolute Gasteiger partial charge is 0.331 e. The SMILES string of the molecule is O=Nc1c(O)n(CCC2=CCCCC2)c(=O)[nH]c1=O. The first-order valence-electron chi connectivity index (χ1n) is 6.21. The molecule has 0 amide bonds. The van der Waals surface area contributed by atoms with Gasteiger partial charge in [-0.05, 0) is 37.3 Å². The molecule has 0 aliphatic heterocycles. The number of aromatic hydroxyl groups is 1. The van der Waals surface area contributed by atoms with Gasteiger partial charge in [-0.15, -0.1) is 4.91 Å². The standard InChI is InChI=1S/C12H15N3O4/c16-10-9(14-19)11(17)15(12(18)13-10)7-6-8-4-2-1-3-5-8/h4,17H,1-3,5-7H2,(H,13,16,18). The molecule has 1 aliphatic rings. The molecule has 19 heavy (non-hydrogen) atoms. The van der Waals surface area contributed by atoms with Crippen LogP contribution in [0.25, 0.3) is 0 Å². The van der Waals surface area contributed by atoms with Crippen molar-refractivity contribution in [1.82, 2.24) is 9.55 Å². The molecular weight excluding hydrogens is 250 g/mol. The Labute approximate surface area is 108 Å². The molecule has 0 aromatic carbocycles. The Morgan fingerprint density at radius 3 is 2.79 bits per heavy atom. The second kappa shape index (κ2) is 5.64. The van der Waals surface area contributed by atoms with Crippen LogP contribution < -0.4 is 11.2 Å². The summed E-state index contributed by atoms with van der Waals surface area (Å²) in [4.78, 5) is 35.2. The first kappa shape index (κ1) is 13.3. The Balaban J connectivity index is 2.25. The van der Waals surface area contributed by atoms with Crippen molar-refractivity contribution >= 4 is 5.69 Å². The highest BCUT2D eigenvalue weighted by molar-refractivity contribution is 5.43. The fourth-order valence-corrected chi connectivity index (χ4v) is 2.23. The number of rotatable bonds is 4. The molecular formula is C12H15N3O4. The summed E-state index contributed by atoms with van der Waals surface area (Å²) in [7, 11) is 0. The highest BCUT2D eigenvalue weighted by Crippen LogP contribution is 2.23. The molecule has 1 heterocycles. The van der Waals surface area contributed by atoms with Gasteiger partial charge < -0.3 is 5.11 Å². The predicted molar refractivity (Wildman–Crippen MR) is 69.6 cm³/mol. The van der Waals surface area contributed by atoms with Crippen LogP contribution in [0.15, 0.2) is 26.4 Å². The monoisotopic (exact) mass is 265 g/mol. The Morgan fingerprint density at radius 1 is 1.37 bits per heavy atom. The van der Waals surface area contributed by atoms with E-state index in [-0.39, 0.29) is 6.54 Å². The molecule has 0 bridgehead atoms. The number of nitroso groups, excluding NO2 is 1. The molecule has 0 saturated carbocycles. The van der Waals surface area contributed by atoms with Crippen LogP contribution in [0.2, 0.25) is 0 Å². The first-order chi connectivity index (χ1) is 9.13. The van der Waals surface area contributed by atoms with Gasteiger partial charge in [0, 0.05) is 6.54 Å². The van der Waals surface area contributed by atoms with Crippen LogP contribution in [0.5, 0.6) is 5.88 Å². The Hall–Kier alpha value is -2.18. The average Bonchev–Trinajstić information content (AvgIpc) is 2.39. The van der Waals surface area contributed by atoms with E-state index in [4.69, 9.17) is 0 Å². The van der Waals surface area contributed by atoms with Crippen molar-refractivity contribution in [2.24, 2.45) is 5.18 Å². The zero-order valence-electron chi connectivity index (χ0n) is 10.4. The summed E-state index contributed by atoms with van der Waals surface area (Å²) in [6.45, 7) is 0.218. The van der Waals surface area contributed by atoms with E-state index in [0.29, 0.717) is 6.42 Å². The van der Waals surface area contributed by atoms with Crippen molar-refractivity contribution in [1.29, 1.82) is 0 Å². The topological polar surface area (TPSA) is 105 Å². The maximum absolute atomic E-state index is 11.6. The third-order valence-electron chi connectivity index (χ3n) is 3.28. The number of allylic oxidation sites excluding steroid dienone is 2. The third kappa shape index (κ3) is 2.81. The fourth-order valence-electron chi connectivity index (χ4n) is 2.23. The van der Waals surface area contributed by atoms with Gasteiger partial charge in [0.1, 0.15) is 0 Å². The van der Waals surface area contributed by atoms with Gasteiger partial charge in [0.25, 0.3) is 5.56 Å². The number of aromatic amines is 1. The lowest BCUT2D eigenvalue weighted by atomic mass is 9.97. The van der Waals surface area contributed by atoms with Gasteiger partial charge in [-0.2, -0.15) is 0 Å². The lowest BCUT2D eigenvalue weighted by molar-refractivity contribution is 0.401. The van der Waals surface area contributed by atoms with E-state index in [1.807, 2.05) is 4.98 Å². The maximum Gasteiger partial charge on any atom is 0.331 e. The van der Waals surface area contributed by atoms with Crippen LogP contribution in [-0.2, 0) is 6.54 Å². The van der Waals surface area contributed by atoms with Crippen molar-refractivity contribution in [3.05, 3.63) is 37.4 Å². The predicted octanol–water partition coefficient (Wildman–Crippen LogP) is 1.53. The summed E-state index contributed by atoms with van der Waals surface area (Å²) >= 11 is 0. The Bertz CT molecular complexity index is 627.